The summed E-state index contributed by atoms with van der Waals surface area (Å²) in [7, 11) is -3.67. The summed E-state index contributed by atoms with van der Waals surface area (Å²) in [5.74, 6) is -0.662. The maximum absolute atomic E-state index is 12.6. The first kappa shape index (κ1) is 19.4. The van der Waals surface area contributed by atoms with Gasteiger partial charge in [-0.2, -0.15) is 4.31 Å². The predicted molar refractivity (Wildman–Crippen MR) is 97.1 cm³/mol. The fourth-order valence-electron chi connectivity index (χ4n) is 2.33. The molecule has 0 radical (unpaired) electrons. The molecule has 5 nitrogen and oxygen atoms in total. The quantitative estimate of drug-likeness (QED) is 0.685. The Bertz CT molecular complexity index is 833. The van der Waals surface area contributed by atoms with E-state index in [0.29, 0.717) is 13.1 Å². The van der Waals surface area contributed by atoms with Gasteiger partial charge in [0.1, 0.15) is 6.61 Å². The largest absolute Gasteiger partial charge is 0.457 e. The lowest BCUT2D eigenvalue weighted by Gasteiger charge is -2.19. The van der Waals surface area contributed by atoms with Gasteiger partial charge in [-0.15, -0.1) is 0 Å². The Morgan fingerprint density at radius 3 is 2.32 bits per heavy atom. The first-order chi connectivity index (χ1) is 11.9. The van der Waals surface area contributed by atoms with Crippen LogP contribution in [-0.2, 0) is 21.4 Å². The van der Waals surface area contributed by atoms with Gasteiger partial charge >= 0.3 is 5.97 Å². The molecule has 2 aromatic rings. The van der Waals surface area contributed by atoms with Crippen LogP contribution in [-0.4, -0.2) is 31.8 Å². The number of ether oxygens (including phenoxy) is 1. The van der Waals surface area contributed by atoms with Crippen molar-refractivity contribution in [1.82, 2.24) is 4.31 Å². The lowest BCUT2D eigenvalue weighted by molar-refractivity contribution is 0.0472. The molecule has 2 aromatic carbocycles. The SMILES string of the molecule is CCN(CC)S(=O)(=O)c1ccc(Cl)c(C(=O)OCc2ccccc2)c1. The van der Waals surface area contributed by atoms with E-state index in [1.165, 1.54) is 22.5 Å². The van der Waals surface area contributed by atoms with Crippen molar-refractivity contribution < 1.29 is 17.9 Å². The molecule has 7 heteroatoms. The molecule has 0 N–H and O–H groups in total. The number of nitrogens with zero attached hydrogens (tertiary/aromatic N) is 1. The van der Waals surface area contributed by atoms with Crippen molar-refractivity contribution in [2.24, 2.45) is 0 Å². The summed E-state index contributed by atoms with van der Waals surface area (Å²) in [4.78, 5) is 12.3. The molecule has 0 heterocycles. The lowest BCUT2D eigenvalue weighted by Crippen LogP contribution is -2.30. The Morgan fingerprint density at radius 1 is 1.08 bits per heavy atom. The van der Waals surface area contributed by atoms with E-state index >= 15 is 0 Å². The summed E-state index contributed by atoms with van der Waals surface area (Å²) in [5.41, 5.74) is 0.865. The maximum atomic E-state index is 12.6. The van der Waals surface area contributed by atoms with E-state index in [1.807, 2.05) is 30.3 Å². The second kappa shape index (κ2) is 8.47. The normalized spacial score (nSPS) is 11.5. The molecule has 2 rings (SSSR count). The van der Waals surface area contributed by atoms with Crippen LogP contribution in [0.1, 0.15) is 29.8 Å². The van der Waals surface area contributed by atoms with E-state index in [4.69, 9.17) is 16.3 Å². The van der Waals surface area contributed by atoms with Crippen molar-refractivity contribution in [3.63, 3.8) is 0 Å². The van der Waals surface area contributed by atoms with Crippen LogP contribution in [0.2, 0.25) is 5.02 Å². The van der Waals surface area contributed by atoms with Crippen molar-refractivity contribution >= 4 is 27.6 Å². The van der Waals surface area contributed by atoms with Crippen molar-refractivity contribution in [2.45, 2.75) is 25.3 Å². The third kappa shape index (κ3) is 4.60. The molecule has 0 bridgehead atoms. The van der Waals surface area contributed by atoms with Gasteiger partial charge in [-0.05, 0) is 23.8 Å². The zero-order chi connectivity index (χ0) is 18.4. The van der Waals surface area contributed by atoms with Gasteiger partial charge < -0.3 is 4.74 Å². The third-order valence-electron chi connectivity index (χ3n) is 3.71. The number of carbonyl (C=O) groups excluding carboxylic acids is 1. The monoisotopic (exact) mass is 381 g/mol. The molecule has 0 fully saturated rings. The number of rotatable bonds is 7. The fourth-order valence-corrected chi connectivity index (χ4v) is 4.01. The molecule has 0 spiro atoms. The Kier molecular flexibility index (Phi) is 6.58. The van der Waals surface area contributed by atoms with Crippen LogP contribution in [0.25, 0.3) is 0 Å². The van der Waals surface area contributed by atoms with Gasteiger partial charge in [0.25, 0.3) is 0 Å². The van der Waals surface area contributed by atoms with Crippen molar-refractivity contribution in [2.75, 3.05) is 13.1 Å². The minimum absolute atomic E-state index is 0.0206. The average Bonchev–Trinajstić information content (AvgIpc) is 2.61. The van der Waals surface area contributed by atoms with Crippen LogP contribution >= 0.6 is 11.6 Å². The molecular weight excluding hydrogens is 362 g/mol. The molecule has 0 amide bonds. The third-order valence-corrected chi connectivity index (χ3v) is 6.09. The minimum Gasteiger partial charge on any atom is -0.457 e. The van der Waals surface area contributed by atoms with Gasteiger partial charge in [0, 0.05) is 13.1 Å². The molecule has 0 aliphatic rings. The highest BCUT2D eigenvalue weighted by molar-refractivity contribution is 7.89. The van der Waals surface area contributed by atoms with Gasteiger partial charge in [0.2, 0.25) is 10.0 Å². The van der Waals surface area contributed by atoms with Crippen molar-refractivity contribution in [3.8, 4) is 0 Å². The van der Waals surface area contributed by atoms with Crippen LogP contribution in [0.4, 0.5) is 0 Å². The zero-order valence-corrected chi connectivity index (χ0v) is 15.7. The smallest absolute Gasteiger partial charge is 0.340 e. The first-order valence-corrected chi connectivity index (χ1v) is 9.72. The van der Waals surface area contributed by atoms with E-state index in [1.54, 1.807) is 13.8 Å². The summed E-state index contributed by atoms with van der Waals surface area (Å²) >= 11 is 6.06. The van der Waals surface area contributed by atoms with E-state index in [-0.39, 0.29) is 22.1 Å². The highest BCUT2D eigenvalue weighted by Gasteiger charge is 2.24. The zero-order valence-electron chi connectivity index (χ0n) is 14.1. The number of esters is 1. The summed E-state index contributed by atoms with van der Waals surface area (Å²) in [6, 6.07) is 13.3. The topological polar surface area (TPSA) is 63.7 Å². The van der Waals surface area contributed by atoms with E-state index in [2.05, 4.69) is 0 Å². The molecule has 0 unspecified atom stereocenters. The maximum Gasteiger partial charge on any atom is 0.340 e. The molecule has 134 valence electrons. The van der Waals surface area contributed by atoms with Gasteiger partial charge in [0.15, 0.2) is 0 Å². The highest BCUT2D eigenvalue weighted by Crippen LogP contribution is 2.24. The van der Waals surface area contributed by atoms with E-state index in [0.717, 1.165) is 5.56 Å². The van der Waals surface area contributed by atoms with Crippen LogP contribution in [0.5, 0.6) is 0 Å². The average molecular weight is 382 g/mol. The summed E-state index contributed by atoms with van der Waals surface area (Å²) in [5, 5.41) is 0.150. The standard InChI is InChI=1S/C18H20ClNO4S/c1-3-20(4-2)25(22,23)15-10-11-17(19)16(12-15)18(21)24-13-14-8-6-5-7-9-14/h5-12H,3-4,13H2,1-2H3. The number of hydrogen-bond acceptors (Lipinski definition) is 4. The Morgan fingerprint density at radius 2 is 1.72 bits per heavy atom. The van der Waals surface area contributed by atoms with Gasteiger partial charge in [-0.3, -0.25) is 0 Å². The van der Waals surface area contributed by atoms with E-state index < -0.39 is 16.0 Å². The molecule has 0 aliphatic carbocycles. The Hall–Kier alpha value is -1.89. The van der Waals surface area contributed by atoms with E-state index in [9.17, 15) is 13.2 Å². The predicted octanol–water partition coefficient (Wildman–Crippen LogP) is 3.73. The number of carbonyl (C=O) groups is 1. The number of halogens is 1. The minimum atomic E-state index is -3.67. The van der Waals surface area contributed by atoms with Crippen molar-refractivity contribution in [1.29, 1.82) is 0 Å². The van der Waals surface area contributed by atoms with Crippen LogP contribution in [0, 0.1) is 0 Å². The fraction of sp³-hybridized carbons (Fsp3) is 0.278. The molecule has 0 saturated heterocycles. The summed E-state index contributed by atoms with van der Waals surface area (Å²) in [6.45, 7) is 4.28. The van der Waals surface area contributed by atoms with Crippen molar-refractivity contribution in [3.05, 3.63) is 64.7 Å². The summed E-state index contributed by atoms with van der Waals surface area (Å²) < 4.78 is 31.7. The van der Waals surface area contributed by atoms with Crippen LogP contribution in [0.3, 0.4) is 0 Å². The molecule has 0 aromatic heterocycles. The van der Waals surface area contributed by atoms with Crippen LogP contribution in [0.15, 0.2) is 53.4 Å². The number of sulfonamides is 1. The summed E-state index contributed by atoms with van der Waals surface area (Å²) in [6.07, 6.45) is 0. The molecule has 0 aliphatic heterocycles. The Balaban J connectivity index is 2.25. The lowest BCUT2D eigenvalue weighted by atomic mass is 10.2. The number of benzene rings is 2. The first-order valence-electron chi connectivity index (χ1n) is 7.90. The molecular formula is C18H20ClNO4S. The highest BCUT2D eigenvalue weighted by atomic mass is 35.5. The molecule has 0 saturated carbocycles. The second-order valence-corrected chi connectivity index (χ2v) is 7.64. The van der Waals surface area contributed by atoms with Gasteiger partial charge in [-0.1, -0.05) is 55.8 Å². The van der Waals surface area contributed by atoms with Gasteiger partial charge in [-0.25, -0.2) is 13.2 Å². The van der Waals surface area contributed by atoms with Crippen LogP contribution < -0.4 is 0 Å². The second-order valence-electron chi connectivity index (χ2n) is 5.29. The molecule has 25 heavy (non-hydrogen) atoms. The molecule has 0 atom stereocenters. The van der Waals surface area contributed by atoms with Gasteiger partial charge in [0.05, 0.1) is 15.5 Å². The Labute approximate surface area is 153 Å². The number of hydrogen-bond donors (Lipinski definition) is 0.